The third kappa shape index (κ3) is 5.53. The summed E-state index contributed by atoms with van der Waals surface area (Å²) in [5.74, 6) is -0.00446. The summed E-state index contributed by atoms with van der Waals surface area (Å²) in [7, 11) is 3.42. The maximum Gasteiger partial charge on any atom is 0.326 e. The lowest BCUT2D eigenvalue weighted by Crippen LogP contribution is -2.39. The Kier molecular flexibility index (Phi) is 7.43. The molecule has 1 aliphatic heterocycles. The molecule has 1 aliphatic rings. The third-order valence-corrected chi connectivity index (χ3v) is 8.41. The van der Waals surface area contributed by atoms with Crippen LogP contribution in [0.5, 0.6) is 0 Å². The van der Waals surface area contributed by atoms with Crippen molar-refractivity contribution in [3.05, 3.63) is 52.0 Å². The van der Waals surface area contributed by atoms with Crippen LogP contribution in [0.15, 0.2) is 41.5 Å². The summed E-state index contributed by atoms with van der Waals surface area (Å²) >= 11 is 1.35. The maximum absolute atomic E-state index is 13.3. The van der Waals surface area contributed by atoms with Gasteiger partial charge in [-0.3, -0.25) is 29.5 Å². The highest BCUT2D eigenvalue weighted by Crippen LogP contribution is 2.29. The highest BCUT2D eigenvalue weighted by atomic mass is 32.1. The number of rotatable bonds is 9. The summed E-state index contributed by atoms with van der Waals surface area (Å²) in [6.45, 7) is 4.63. The Morgan fingerprint density at radius 2 is 1.93 bits per heavy atom. The van der Waals surface area contributed by atoms with E-state index in [-0.39, 0.29) is 23.9 Å². The van der Waals surface area contributed by atoms with Crippen LogP contribution in [0.2, 0.25) is 0 Å². The predicted molar refractivity (Wildman–Crippen MR) is 156 cm³/mol. The summed E-state index contributed by atoms with van der Waals surface area (Å²) in [5.41, 5.74) is 3.46. The minimum atomic E-state index is -0.298. The van der Waals surface area contributed by atoms with Gasteiger partial charge in [0, 0.05) is 69.9 Å². The van der Waals surface area contributed by atoms with Crippen LogP contribution in [0, 0.1) is 0 Å². The largest absolute Gasteiger partial charge is 0.379 e. The van der Waals surface area contributed by atoms with Crippen molar-refractivity contribution in [1.82, 2.24) is 39.1 Å². The van der Waals surface area contributed by atoms with Gasteiger partial charge in [-0.2, -0.15) is 5.10 Å². The average Bonchev–Trinajstić information content (AvgIpc) is 3.76. The van der Waals surface area contributed by atoms with Gasteiger partial charge in [0.25, 0.3) is 5.91 Å². The highest BCUT2D eigenvalue weighted by Gasteiger charge is 2.20. The first kappa shape index (κ1) is 26.9. The molecule has 1 saturated heterocycles. The van der Waals surface area contributed by atoms with Crippen molar-refractivity contribution in [3.8, 4) is 10.4 Å². The molecule has 41 heavy (non-hydrogen) atoms. The lowest BCUT2D eigenvalue weighted by molar-refractivity contribution is -0.128. The molecule has 5 aromatic rings. The Morgan fingerprint density at radius 3 is 2.68 bits per heavy atom. The average molecular weight is 578 g/mol. The lowest BCUT2D eigenvalue weighted by atomic mass is 10.2. The molecule has 0 atom stereocenters. The Bertz CT molecular complexity index is 1760. The maximum atomic E-state index is 13.3. The second kappa shape index (κ2) is 11.3. The number of ether oxygens (including phenoxy) is 1. The van der Waals surface area contributed by atoms with Crippen LogP contribution in [0.25, 0.3) is 32.5 Å². The van der Waals surface area contributed by atoms with Gasteiger partial charge in [-0.05, 0) is 24.3 Å². The van der Waals surface area contributed by atoms with E-state index in [0.717, 1.165) is 41.1 Å². The monoisotopic (exact) mass is 577 g/mol. The summed E-state index contributed by atoms with van der Waals surface area (Å²) in [6, 6.07) is 7.37. The Morgan fingerprint density at radius 1 is 1.10 bits per heavy atom. The SMILES string of the molecule is CN(C)C(=O)CCn1c(NC(=O)c2ccc(-c3cn[nH]c3)s2)nc2cc3[nH]c(=O)n(CCN4CCOCC4)c3cc21. The normalized spacial score (nSPS) is 14.2. The fraction of sp³-hybridized carbons (Fsp3) is 0.370. The molecule has 0 spiro atoms. The molecular formula is C27H31N9O4S. The molecule has 1 fully saturated rings. The molecule has 5 heterocycles. The zero-order valence-electron chi connectivity index (χ0n) is 22.8. The first-order chi connectivity index (χ1) is 19.9. The zero-order valence-corrected chi connectivity index (χ0v) is 23.7. The smallest absolute Gasteiger partial charge is 0.326 e. The van der Waals surface area contributed by atoms with E-state index in [0.29, 0.717) is 48.2 Å². The van der Waals surface area contributed by atoms with Crippen LogP contribution in [-0.2, 0) is 22.6 Å². The Hall–Kier alpha value is -4.27. The molecule has 0 bridgehead atoms. The van der Waals surface area contributed by atoms with E-state index >= 15 is 0 Å². The molecule has 13 nitrogen and oxygen atoms in total. The first-order valence-corrected chi connectivity index (χ1v) is 14.2. The third-order valence-electron chi connectivity index (χ3n) is 7.27. The van der Waals surface area contributed by atoms with Gasteiger partial charge in [-0.25, -0.2) is 9.78 Å². The number of fused-ring (bicyclic) bond motifs is 2. The van der Waals surface area contributed by atoms with Crippen LogP contribution in [-0.4, -0.2) is 97.9 Å². The number of aromatic nitrogens is 6. The van der Waals surface area contributed by atoms with Gasteiger partial charge >= 0.3 is 5.69 Å². The number of hydrogen-bond acceptors (Lipinski definition) is 8. The van der Waals surface area contributed by atoms with Crippen LogP contribution in [0.4, 0.5) is 5.95 Å². The molecule has 0 aliphatic carbocycles. The van der Waals surface area contributed by atoms with E-state index in [2.05, 4.69) is 25.4 Å². The number of hydrogen-bond donors (Lipinski definition) is 3. The van der Waals surface area contributed by atoms with E-state index < -0.39 is 0 Å². The van der Waals surface area contributed by atoms with E-state index in [4.69, 9.17) is 9.72 Å². The summed E-state index contributed by atoms with van der Waals surface area (Å²) < 4.78 is 9.00. The number of thiophene rings is 1. The number of carbonyl (C=O) groups is 2. The van der Waals surface area contributed by atoms with E-state index in [9.17, 15) is 14.4 Å². The van der Waals surface area contributed by atoms with Crippen molar-refractivity contribution < 1.29 is 14.3 Å². The van der Waals surface area contributed by atoms with Crippen molar-refractivity contribution in [2.24, 2.45) is 0 Å². The molecule has 2 amide bonds. The van der Waals surface area contributed by atoms with Crippen molar-refractivity contribution in [1.29, 1.82) is 0 Å². The fourth-order valence-electron chi connectivity index (χ4n) is 4.98. The van der Waals surface area contributed by atoms with Crippen LogP contribution in [0.1, 0.15) is 16.1 Å². The zero-order chi connectivity index (χ0) is 28.5. The molecule has 14 heteroatoms. The number of amides is 2. The van der Waals surface area contributed by atoms with Gasteiger partial charge in [0.05, 0.1) is 46.4 Å². The van der Waals surface area contributed by atoms with E-state index in [1.165, 1.54) is 16.2 Å². The Labute approximate surface area is 238 Å². The molecular weight excluding hydrogens is 546 g/mol. The molecule has 3 N–H and O–H groups in total. The molecule has 4 aromatic heterocycles. The summed E-state index contributed by atoms with van der Waals surface area (Å²) in [5, 5.41) is 9.70. The number of nitrogens with one attached hydrogen (secondary N) is 3. The predicted octanol–water partition coefficient (Wildman–Crippen LogP) is 2.19. The second-order valence-electron chi connectivity index (χ2n) is 10.1. The summed E-state index contributed by atoms with van der Waals surface area (Å²) in [4.78, 5) is 51.5. The Balaban J connectivity index is 1.33. The molecule has 214 valence electrons. The molecule has 0 unspecified atom stereocenters. The highest BCUT2D eigenvalue weighted by molar-refractivity contribution is 7.17. The molecule has 0 saturated carbocycles. The number of H-pyrrole nitrogens is 2. The van der Waals surface area contributed by atoms with Crippen LogP contribution >= 0.6 is 11.3 Å². The number of nitrogens with zero attached hydrogens (tertiary/aromatic N) is 6. The van der Waals surface area contributed by atoms with Gasteiger partial charge in [-0.1, -0.05) is 0 Å². The van der Waals surface area contributed by atoms with Gasteiger partial charge in [0.2, 0.25) is 11.9 Å². The van der Waals surface area contributed by atoms with Crippen molar-refractivity contribution in [2.75, 3.05) is 52.3 Å². The molecule has 0 radical (unpaired) electrons. The number of imidazole rings is 2. The first-order valence-electron chi connectivity index (χ1n) is 13.4. The van der Waals surface area contributed by atoms with Crippen LogP contribution in [0.3, 0.4) is 0 Å². The number of carbonyl (C=O) groups excluding carboxylic acids is 2. The minimum Gasteiger partial charge on any atom is -0.379 e. The van der Waals surface area contributed by atoms with Gasteiger partial charge in [-0.15, -0.1) is 11.3 Å². The van der Waals surface area contributed by atoms with Crippen molar-refractivity contribution in [2.45, 2.75) is 19.5 Å². The molecule has 1 aromatic carbocycles. The number of aryl methyl sites for hydroxylation is 1. The van der Waals surface area contributed by atoms with Crippen molar-refractivity contribution >= 4 is 51.2 Å². The molecule has 6 rings (SSSR count). The summed E-state index contributed by atoms with van der Waals surface area (Å²) in [6.07, 6.45) is 3.70. The number of anilines is 1. The van der Waals surface area contributed by atoms with Crippen LogP contribution < -0.4 is 11.0 Å². The van der Waals surface area contributed by atoms with Gasteiger partial charge < -0.3 is 19.2 Å². The number of morpholine rings is 1. The van der Waals surface area contributed by atoms with Gasteiger partial charge in [0.15, 0.2) is 0 Å². The lowest BCUT2D eigenvalue weighted by Gasteiger charge is -2.26. The quantitative estimate of drug-likeness (QED) is 0.243. The second-order valence-corrected chi connectivity index (χ2v) is 11.2. The van der Waals surface area contributed by atoms with Crippen molar-refractivity contribution in [3.63, 3.8) is 0 Å². The standard InChI is InChI=1S/C27H31N9O4S/c1-33(2)24(37)5-6-35-20-14-21-19(31-27(39)36(21)8-7-34-9-11-40-12-10-34)13-18(20)30-26(35)32-25(38)23-4-3-22(41-23)17-15-28-29-16-17/h3-4,13-16H,5-12H2,1-2H3,(H,28,29)(H,31,39)(H,30,32,38). The number of aromatic amines is 2. The topological polar surface area (TPSA) is 146 Å². The van der Waals surface area contributed by atoms with E-state index in [1.54, 1.807) is 37.1 Å². The van der Waals surface area contributed by atoms with Gasteiger partial charge in [0.1, 0.15) is 0 Å². The van der Waals surface area contributed by atoms with E-state index in [1.807, 2.05) is 22.8 Å². The minimum absolute atomic E-state index is 0.0442. The number of benzene rings is 1. The fourth-order valence-corrected chi connectivity index (χ4v) is 5.86.